The van der Waals surface area contributed by atoms with Crippen molar-refractivity contribution >= 4 is 11.6 Å². The number of hydrogen-bond acceptors (Lipinski definition) is 3. The van der Waals surface area contributed by atoms with Gasteiger partial charge in [-0.3, -0.25) is 0 Å². The highest BCUT2D eigenvalue weighted by atomic mass is 35.5. The largest absolute Gasteiger partial charge is 0.462 e. The van der Waals surface area contributed by atoms with Crippen molar-refractivity contribution in [3.63, 3.8) is 0 Å². The first-order chi connectivity index (χ1) is 5.88. The highest BCUT2D eigenvalue weighted by molar-refractivity contribution is 6.31. The molecule has 0 bridgehead atoms. The van der Waals surface area contributed by atoms with Gasteiger partial charge >= 0.3 is 0 Å². The molecule has 0 aromatic carbocycles. The van der Waals surface area contributed by atoms with Crippen LogP contribution < -0.4 is 0 Å². The molecular weight excluding hydrogens is 180 g/mol. The maximum absolute atomic E-state index is 5.82. The van der Waals surface area contributed by atoms with Crippen molar-refractivity contribution in [2.24, 2.45) is 0 Å². The number of halogens is 1. The van der Waals surface area contributed by atoms with Crippen molar-refractivity contribution < 1.29 is 13.9 Å². The first-order valence-electron chi connectivity index (χ1n) is 3.84. The summed E-state index contributed by atoms with van der Waals surface area (Å²) >= 11 is 5.82. The van der Waals surface area contributed by atoms with Gasteiger partial charge in [-0.15, -0.1) is 0 Å². The van der Waals surface area contributed by atoms with Crippen molar-refractivity contribution in [2.45, 2.75) is 12.7 Å². The van der Waals surface area contributed by atoms with Crippen molar-refractivity contribution in [3.05, 3.63) is 23.1 Å². The van der Waals surface area contributed by atoms with Crippen LogP contribution in [0.15, 0.2) is 16.7 Å². The zero-order valence-electron chi connectivity index (χ0n) is 6.46. The van der Waals surface area contributed by atoms with E-state index in [1.54, 1.807) is 6.07 Å². The highest BCUT2D eigenvalue weighted by Gasteiger charge is 2.21. The number of ether oxygens (including phenoxy) is 2. The number of rotatable bonds is 1. The van der Waals surface area contributed by atoms with Gasteiger partial charge in [0, 0.05) is 0 Å². The molecular formula is C8H9ClO3. The molecule has 0 saturated carbocycles. The summed E-state index contributed by atoms with van der Waals surface area (Å²) in [6, 6.07) is 1.68. The van der Waals surface area contributed by atoms with Crippen molar-refractivity contribution in [1.82, 2.24) is 0 Å². The Labute approximate surface area is 75.2 Å². The van der Waals surface area contributed by atoms with E-state index in [1.165, 1.54) is 6.26 Å². The average molecular weight is 189 g/mol. The van der Waals surface area contributed by atoms with Gasteiger partial charge in [-0.2, -0.15) is 0 Å². The monoisotopic (exact) mass is 188 g/mol. The normalized spacial score (nSPS) is 19.8. The quantitative estimate of drug-likeness (QED) is 0.678. The van der Waals surface area contributed by atoms with Crippen LogP contribution in [0.25, 0.3) is 0 Å². The molecule has 12 heavy (non-hydrogen) atoms. The summed E-state index contributed by atoms with van der Waals surface area (Å²) in [5.74, 6) is 0.566. The van der Waals surface area contributed by atoms with Crippen molar-refractivity contribution in [1.29, 1.82) is 0 Å². The SMILES string of the molecule is Clc1ccoc1C1OCCCO1. The zero-order valence-corrected chi connectivity index (χ0v) is 7.21. The third kappa shape index (κ3) is 1.48. The van der Waals surface area contributed by atoms with Gasteiger partial charge in [-0.25, -0.2) is 0 Å². The fourth-order valence-corrected chi connectivity index (χ4v) is 1.30. The Morgan fingerprint density at radius 1 is 1.33 bits per heavy atom. The molecule has 1 saturated heterocycles. The van der Waals surface area contributed by atoms with E-state index < -0.39 is 6.29 Å². The van der Waals surface area contributed by atoms with E-state index >= 15 is 0 Å². The van der Waals surface area contributed by atoms with Crippen LogP contribution in [0.5, 0.6) is 0 Å². The summed E-state index contributed by atoms with van der Waals surface area (Å²) in [5.41, 5.74) is 0. The average Bonchev–Trinajstić information content (AvgIpc) is 2.53. The Morgan fingerprint density at radius 2 is 2.08 bits per heavy atom. The van der Waals surface area contributed by atoms with Crippen LogP contribution in [0.4, 0.5) is 0 Å². The van der Waals surface area contributed by atoms with E-state index in [4.69, 9.17) is 25.5 Å². The number of furan rings is 1. The van der Waals surface area contributed by atoms with Crippen LogP contribution in [0.1, 0.15) is 18.5 Å². The molecule has 3 nitrogen and oxygen atoms in total. The molecule has 0 amide bonds. The summed E-state index contributed by atoms with van der Waals surface area (Å²) in [6.45, 7) is 1.39. The van der Waals surface area contributed by atoms with Crippen LogP contribution in [0.2, 0.25) is 5.02 Å². The van der Waals surface area contributed by atoms with Gasteiger partial charge in [0.1, 0.15) is 0 Å². The summed E-state index contributed by atoms with van der Waals surface area (Å²) in [7, 11) is 0. The Kier molecular flexibility index (Phi) is 2.35. The summed E-state index contributed by atoms with van der Waals surface area (Å²) in [6.07, 6.45) is 2.04. The molecule has 2 heterocycles. The molecule has 1 aliphatic rings. The van der Waals surface area contributed by atoms with Crippen LogP contribution >= 0.6 is 11.6 Å². The Balaban J connectivity index is 2.13. The molecule has 0 radical (unpaired) electrons. The van der Waals surface area contributed by atoms with Crippen molar-refractivity contribution in [2.75, 3.05) is 13.2 Å². The Morgan fingerprint density at radius 3 is 2.67 bits per heavy atom. The predicted molar refractivity (Wildman–Crippen MR) is 43.0 cm³/mol. The minimum absolute atomic E-state index is 0.416. The van der Waals surface area contributed by atoms with Gasteiger partial charge in [0.25, 0.3) is 0 Å². The molecule has 0 N–H and O–H groups in total. The topological polar surface area (TPSA) is 31.6 Å². The molecule has 0 unspecified atom stereocenters. The Hall–Kier alpha value is -0.510. The van der Waals surface area contributed by atoms with Gasteiger partial charge in [-0.05, 0) is 12.5 Å². The lowest BCUT2D eigenvalue weighted by atomic mass is 10.4. The fraction of sp³-hybridized carbons (Fsp3) is 0.500. The van der Waals surface area contributed by atoms with Gasteiger partial charge in [0.15, 0.2) is 5.76 Å². The van der Waals surface area contributed by atoms with E-state index in [2.05, 4.69) is 0 Å². The van der Waals surface area contributed by atoms with Crippen LogP contribution in [0, 0.1) is 0 Å². The van der Waals surface area contributed by atoms with E-state index in [9.17, 15) is 0 Å². The van der Waals surface area contributed by atoms with Crippen LogP contribution in [-0.4, -0.2) is 13.2 Å². The van der Waals surface area contributed by atoms with Gasteiger partial charge in [0.2, 0.25) is 6.29 Å². The molecule has 0 aliphatic carbocycles. The molecule has 0 atom stereocenters. The van der Waals surface area contributed by atoms with Crippen molar-refractivity contribution in [3.8, 4) is 0 Å². The fourth-order valence-electron chi connectivity index (χ4n) is 1.11. The summed E-state index contributed by atoms with van der Waals surface area (Å²) in [5, 5.41) is 0.557. The molecule has 1 fully saturated rings. The Bertz CT molecular complexity index is 253. The van der Waals surface area contributed by atoms with Crippen LogP contribution in [0.3, 0.4) is 0 Å². The third-order valence-corrected chi connectivity index (χ3v) is 2.00. The zero-order chi connectivity index (χ0) is 8.39. The second-order valence-electron chi connectivity index (χ2n) is 2.56. The molecule has 0 spiro atoms. The van der Waals surface area contributed by atoms with Gasteiger partial charge in [0.05, 0.1) is 24.5 Å². The minimum atomic E-state index is -0.416. The smallest absolute Gasteiger partial charge is 0.218 e. The van der Waals surface area contributed by atoms with E-state index in [0.29, 0.717) is 24.0 Å². The third-order valence-electron chi connectivity index (χ3n) is 1.69. The maximum atomic E-state index is 5.82. The lowest BCUT2D eigenvalue weighted by Crippen LogP contribution is -2.17. The van der Waals surface area contributed by atoms with Crippen LogP contribution in [-0.2, 0) is 9.47 Å². The van der Waals surface area contributed by atoms with E-state index in [-0.39, 0.29) is 0 Å². The molecule has 66 valence electrons. The molecule has 1 aromatic rings. The van der Waals surface area contributed by atoms with Gasteiger partial charge in [-0.1, -0.05) is 11.6 Å². The predicted octanol–water partition coefficient (Wildman–Crippen LogP) is 2.37. The molecule has 1 aromatic heterocycles. The second kappa shape index (κ2) is 3.47. The lowest BCUT2D eigenvalue weighted by Gasteiger charge is -2.21. The summed E-state index contributed by atoms with van der Waals surface area (Å²) < 4.78 is 15.7. The van der Waals surface area contributed by atoms with E-state index in [1.807, 2.05) is 0 Å². The highest BCUT2D eigenvalue weighted by Crippen LogP contribution is 2.29. The molecule has 4 heteroatoms. The van der Waals surface area contributed by atoms with Gasteiger partial charge < -0.3 is 13.9 Å². The molecule has 2 rings (SSSR count). The first-order valence-corrected chi connectivity index (χ1v) is 4.22. The standard InChI is InChI=1S/C8H9ClO3/c9-6-2-5-10-7(6)8-11-3-1-4-12-8/h2,5,8H,1,3-4H2. The lowest BCUT2D eigenvalue weighted by molar-refractivity contribution is -0.191. The second-order valence-corrected chi connectivity index (χ2v) is 2.97. The maximum Gasteiger partial charge on any atom is 0.218 e. The summed E-state index contributed by atoms with van der Waals surface area (Å²) in [4.78, 5) is 0. The number of hydrogen-bond donors (Lipinski definition) is 0. The first kappa shape index (κ1) is 8.10. The minimum Gasteiger partial charge on any atom is -0.462 e. The van der Waals surface area contributed by atoms with E-state index in [0.717, 1.165) is 6.42 Å². The molecule has 1 aliphatic heterocycles.